The van der Waals surface area contributed by atoms with Crippen molar-refractivity contribution in [2.75, 3.05) is 6.54 Å². The van der Waals surface area contributed by atoms with Crippen molar-refractivity contribution >= 4 is 5.91 Å². The quantitative estimate of drug-likeness (QED) is 0.622. The van der Waals surface area contributed by atoms with Gasteiger partial charge in [0.1, 0.15) is 0 Å². The van der Waals surface area contributed by atoms with Crippen molar-refractivity contribution < 1.29 is 4.79 Å². The van der Waals surface area contributed by atoms with Gasteiger partial charge >= 0.3 is 0 Å². The standard InChI is InChI=1S/C9H18N6O/c1-4-6(2)10-5-8(16)11-7(3)9-12-14-15-13-9/h6-7,10H,4-5H2,1-3H3,(H,11,16)(H,12,13,14,15). The van der Waals surface area contributed by atoms with Gasteiger partial charge in [0, 0.05) is 6.04 Å². The van der Waals surface area contributed by atoms with Crippen LogP contribution in [-0.2, 0) is 4.79 Å². The highest BCUT2D eigenvalue weighted by Gasteiger charge is 2.13. The molecule has 0 aliphatic carbocycles. The van der Waals surface area contributed by atoms with Crippen LogP contribution in [-0.4, -0.2) is 39.1 Å². The maximum absolute atomic E-state index is 11.5. The third-order valence-corrected chi connectivity index (χ3v) is 2.35. The third-order valence-electron chi connectivity index (χ3n) is 2.35. The molecule has 0 radical (unpaired) electrons. The topological polar surface area (TPSA) is 95.6 Å². The SMILES string of the molecule is CCC(C)NCC(=O)NC(C)c1nn[nH]n1. The number of nitrogens with one attached hydrogen (secondary N) is 3. The Balaban J connectivity index is 2.29. The minimum Gasteiger partial charge on any atom is -0.345 e. The van der Waals surface area contributed by atoms with Gasteiger partial charge < -0.3 is 10.6 Å². The van der Waals surface area contributed by atoms with Crippen molar-refractivity contribution in [1.82, 2.24) is 31.3 Å². The molecule has 1 heterocycles. The lowest BCUT2D eigenvalue weighted by atomic mass is 10.2. The van der Waals surface area contributed by atoms with E-state index in [1.165, 1.54) is 0 Å². The highest BCUT2D eigenvalue weighted by Crippen LogP contribution is 2.01. The Morgan fingerprint density at radius 1 is 1.50 bits per heavy atom. The summed E-state index contributed by atoms with van der Waals surface area (Å²) >= 11 is 0. The first-order valence-corrected chi connectivity index (χ1v) is 5.39. The van der Waals surface area contributed by atoms with Crippen LogP contribution in [0.25, 0.3) is 0 Å². The number of amides is 1. The van der Waals surface area contributed by atoms with E-state index < -0.39 is 0 Å². The number of aromatic amines is 1. The van der Waals surface area contributed by atoms with Gasteiger partial charge in [-0.1, -0.05) is 12.1 Å². The van der Waals surface area contributed by atoms with E-state index in [-0.39, 0.29) is 11.9 Å². The highest BCUT2D eigenvalue weighted by molar-refractivity contribution is 5.78. The van der Waals surface area contributed by atoms with E-state index in [2.05, 4.69) is 38.2 Å². The number of hydrogen-bond acceptors (Lipinski definition) is 5. The minimum absolute atomic E-state index is 0.0717. The Morgan fingerprint density at radius 2 is 2.25 bits per heavy atom. The van der Waals surface area contributed by atoms with E-state index in [4.69, 9.17) is 0 Å². The first-order valence-electron chi connectivity index (χ1n) is 5.39. The molecule has 1 aromatic rings. The first-order chi connectivity index (χ1) is 7.63. The average molecular weight is 226 g/mol. The molecule has 3 N–H and O–H groups in total. The predicted molar refractivity (Wildman–Crippen MR) is 58.5 cm³/mol. The summed E-state index contributed by atoms with van der Waals surface area (Å²) in [4.78, 5) is 11.5. The van der Waals surface area contributed by atoms with E-state index in [0.717, 1.165) is 6.42 Å². The summed E-state index contributed by atoms with van der Waals surface area (Å²) in [5, 5.41) is 19.3. The molecule has 7 heteroatoms. The number of hydrogen-bond donors (Lipinski definition) is 3. The second-order valence-electron chi connectivity index (χ2n) is 3.75. The lowest BCUT2D eigenvalue weighted by Gasteiger charge is -2.13. The summed E-state index contributed by atoms with van der Waals surface area (Å²) in [5.74, 6) is 0.412. The normalized spacial score (nSPS) is 14.4. The average Bonchev–Trinajstić information content (AvgIpc) is 2.79. The monoisotopic (exact) mass is 226 g/mol. The zero-order chi connectivity index (χ0) is 12.0. The molecular weight excluding hydrogens is 208 g/mol. The fraction of sp³-hybridized carbons (Fsp3) is 0.778. The van der Waals surface area contributed by atoms with Crippen LogP contribution in [0, 0.1) is 0 Å². The van der Waals surface area contributed by atoms with E-state index in [0.29, 0.717) is 18.4 Å². The Hall–Kier alpha value is -1.50. The van der Waals surface area contributed by atoms with Crippen molar-refractivity contribution in [1.29, 1.82) is 0 Å². The highest BCUT2D eigenvalue weighted by atomic mass is 16.2. The molecule has 0 saturated heterocycles. The van der Waals surface area contributed by atoms with Gasteiger partial charge in [0.2, 0.25) is 5.91 Å². The van der Waals surface area contributed by atoms with Gasteiger partial charge in [-0.15, -0.1) is 10.2 Å². The zero-order valence-electron chi connectivity index (χ0n) is 9.82. The molecule has 7 nitrogen and oxygen atoms in total. The van der Waals surface area contributed by atoms with Gasteiger partial charge in [-0.25, -0.2) is 0 Å². The molecule has 0 fully saturated rings. The number of carbonyl (C=O) groups excluding carboxylic acids is 1. The summed E-state index contributed by atoms with van der Waals surface area (Å²) in [6, 6.07) is 0.108. The van der Waals surface area contributed by atoms with Gasteiger partial charge in [0.15, 0.2) is 5.82 Å². The van der Waals surface area contributed by atoms with Gasteiger partial charge in [0.05, 0.1) is 12.6 Å². The Kier molecular flexibility index (Phi) is 4.84. The molecule has 2 atom stereocenters. The fourth-order valence-electron chi connectivity index (χ4n) is 1.12. The second-order valence-corrected chi connectivity index (χ2v) is 3.75. The molecule has 0 spiro atoms. The lowest BCUT2D eigenvalue weighted by molar-refractivity contribution is -0.121. The smallest absolute Gasteiger partial charge is 0.234 e. The van der Waals surface area contributed by atoms with Crippen molar-refractivity contribution in [2.24, 2.45) is 0 Å². The van der Waals surface area contributed by atoms with Crippen LogP contribution in [0.1, 0.15) is 39.1 Å². The molecule has 0 bridgehead atoms. The summed E-state index contributed by atoms with van der Waals surface area (Å²) in [6.07, 6.45) is 0.994. The third kappa shape index (κ3) is 3.93. The molecule has 0 aliphatic rings. The van der Waals surface area contributed by atoms with Crippen LogP contribution in [0.2, 0.25) is 0 Å². The van der Waals surface area contributed by atoms with Crippen LogP contribution in [0.4, 0.5) is 0 Å². The number of tetrazole rings is 1. The predicted octanol–water partition coefficient (Wildman–Crippen LogP) is -0.235. The largest absolute Gasteiger partial charge is 0.345 e. The first kappa shape index (κ1) is 12.6. The molecule has 1 rings (SSSR count). The van der Waals surface area contributed by atoms with Gasteiger partial charge in [-0.2, -0.15) is 5.21 Å². The number of carbonyl (C=O) groups is 1. The molecule has 1 aromatic heterocycles. The second kappa shape index (κ2) is 6.16. The summed E-state index contributed by atoms with van der Waals surface area (Å²) in [5.41, 5.74) is 0. The van der Waals surface area contributed by atoms with E-state index in [9.17, 15) is 4.79 Å². The molecule has 0 saturated carbocycles. The van der Waals surface area contributed by atoms with E-state index in [1.54, 1.807) is 0 Å². The zero-order valence-corrected chi connectivity index (χ0v) is 9.82. The molecule has 0 aliphatic heterocycles. The summed E-state index contributed by atoms with van der Waals surface area (Å²) < 4.78 is 0. The molecule has 0 aromatic carbocycles. The molecular formula is C9H18N6O. The van der Waals surface area contributed by atoms with E-state index >= 15 is 0 Å². The van der Waals surface area contributed by atoms with Crippen molar-refractivity contribution in [3.63, 3.8) is 0 Å². The van der Waals surface area contributed by atoms with Gasteiger partial charge in [-0.05, 0) is 20.3 Å². The number of aromatic nitrogens is 4. The maximum atomic E-state index is 11.5. The number of rotatable bonds is 6. The maximum Gasteiger partial charge on any atom is 0.234 e. The lowest BCUT2D eigenvalue weighted by Crippen LogP contribution is -2.38. The minimum atomic E-state index is -0.231. The Bertz CT molecular complexity index is 312. The van der Waals surface area contributed by atoms with Gasteiger partial charge in [-0.3, -0.25) is 4.79 Å². The fourth-order valence-corrected chi connectivity index (χ4v) is 1.12. The van der Waals surface area contributed by atoms with Crippen LogP contribution < -0.4 is 10.6 Å². The van der Waals surface area contributed by atoms with Crippen LogP contribution in [0.15, 0.2) is 0 Å². The van der Waals surface area contributed by atoms with Gasteiger partial charge in [0.25, 0.3) is 0 Å². The molecule has 2 unspecified atom stereocenters. The molecule has 1 amide bonds. The van der Waals surface area contributed by atoms with Crippen LogP contribution in [0.3, 0.4) is 0 Å². The van der Waals surface area contributed by atoms with Crippen molar-refractivity contribution in [3.05, 3.63) is 5.82 Å². The Labute approximate surface area is 94.4 Å². The molecule has 16 heavy (non-hydrogen) atoms. The summed E-state index contributed by atoms with van der Waals surface area (Å²) in [7, 11) is 0. The van der Waals surface area contributed by atoms with Crippen molar-refractivity contribution in [2.45, 2.75) is 39.3 Å². The van der Waals surface area contributed by atoms with Crippen LogP contribution >= 0.6 is 0 Å². The van der Waals surface area contributed by atoms with Crippen LogP contribution in [0.5, 0.6) is 0 Å². The molecule has 90 valence electrons. The van der Waals surface area contributed by atoms with E-state index in [1.807, 2.05) is 13.8 Å². The number of H-pyrrole nitrogens is 1. The van der Waals surface area contributed by atoms with Crippen molar-refractivity contribution in [3.8, 4) is 0 Å². The number of nitrogens with zero attached hydrogens (tertiary/aromatic N) is 3. The Morgan fingerprint density at radius 3 is 2.81 bits per heavy atom. The summed E-state index contributed by atoms with van der Waals surface area (Å²) in [6.45, 7) is 6.22.